The van der Waals surface area contributed by atoms with Gasteiger partial charge in [0, 0.05) is 25.8 Å². The number of rotatable bonds is 1. The molecular weight excluding hydrogens is 252 g/mol. The molecule has 5 nitrogen and oxygen atoms in total. The average Bonchev–Trinajstić information content (AvgIpc) is 2.69. The molecule has 1 aromatic heterocycles. The molecule has 0 atom stereocenters. The van der Waals surface area contributed by atoms with Crippen LogP contribution in [0.5, 0.6) is 0 Å². The summed E-state index contributed by atoms with van der Waals surface area (Å²) < 4.78 is 0. The van der Waals surface area contributed by atoms with E-state index in [1.54, 1.807) is 12.3 Å². The first-order chi connectivity index (χ1) is 9.72. The quantitative estimate of drug-likeness (QED) is 0.740. The molecule has 0 unspecified atom stereocenters. The van der Waals surface area contributed by atoms with Gasteiger partial charge in [0.15, 0.2) is 0 Å². The first kappa shape index (κ1) is 14.5. The number of carbonyl (C=O) groups excluding carboxylic acids is 1. The Bertz CT molecular complexity index is 532. The van der Waals surface area contributed by atoms with Crippen molar-refractivity contribution in [1.82, 2.24) is 14.8 Å². The molecular formula is C15H20N4O. The SMILES string of the molecule is CN1CCCN(C(=O)c2ncccc2C#CCN)CC1. The molecule has 0 aliphatic carbocycles. The third kappa shape index (κ3) is 3.56. The number of likely N-dealkylation sites (N-methyl/N-ethyl adjacent to an activating group) is 1. The number of carbonyl (C=O) groups is 1. The van der Waals surface area contributed by atoms with E-state index in [-0.39, 0.29) is 12.5 Å². The summed E-state index contributed by atoms with van der Waals surface area (Å²) >= 11 is 0. The Hall–Kier alpha value is -1.90. The summed E-state index contributed by atoms with van der Waals surface area (Å²) in [6, 6.07) is 3.60. The molecule has 1 aliphatic heterocycles. The van der Waals surface area contributed by atoms with Crippen LogP contribution in [0.3, 0.4) is 0 Å². The fraction of sp³-hybridized carbons (Fsp3) is 0.467. The third-order valence-corrected chi connectivity index (χ3v) is 3.34. The van der Waals surface area contributed by atoms with Gasteiger partial charge in [0.25, 0.3) is 5.91 Å². The van der Waals surface area contributed by atoms with Gasteiger partial charge >= 0.3 is 0 Å². The van der Waals surface area contributed by atoms with Crippen LogP contribution < -0.4 is 5.73 Å². The van der Waals surface area contributed by atoms with E-state index >= 15 is 0 Å². The predicted molar refractivity (Wildman–Crippen MR) is 78.2 cm³/mol. The number of amides is 1. The van der Waals surface area contributed by atoms with Gasteiger partial charge in [-0.1, -0.05) is 11.8 Å². The Morgan fingerprint density at radius 2 is 2.25 bits per heavy atom. The van der Waals surface area contributed by atoms with Crippen molar-refractivity contribution in [2.45, 2.75) is 6.42 Å². The van der Waals surface area contributed by atoms with Crippen LogP contribution >= 0.6 is 0 Å². The van der Waals surface area contributed by atoms with Gasteiger partial charge in [-0.2, -0.15) is 0 Å². The Morgan fingerprint density at radius 3 is 3.05 bits per heavy atom. The van der Waals surface area contributed by atoms with E-state index in [1.165, 1.54) is 0 Å². The smallest absolute Gasteiger partial charge is 0.273 e. The summed E-state index contributed by atoms with van der Waals surface area (Å²) in [5, 5.41) is 0. The second-order valence-corrected chi connectivity index (χ2v) is 4.85. The van der Waals surface area contributed by atoms with Gasteiger partial charge in [0.05, 0.1) is 12.1 Å². The van der Waals surface area contributed by atoms with E-state index in [9.17, 15) is 4.79 Å². The van der Waals surface area contributed by atoms with Crippen molar-refractivity contribution in [2.75, 3.05) is 39.8 Å². The molecule has 0 bridgehead atoms. The first-order valence-corrected chi connectivity index (χ1v) is 6.84. The second kappa shape index (κ2) is 7.04. The van der Waals surface area contributed by atoms with Crippen LogP contribution in [0.2, 0.25) is 0 Å². The maximum Gasteiger partial charge on any atom is 0.273 e. The van der Waals surface area contributed by atoms with Crippen molar-refractivity contribution in [1.29, 1.82) is 0 Å². The van der Waals surface area contributed by atoms with Gasteiger partial charge in [0.1, 0.15) is 5.69 Å². The van der Waals surface area contributed by atoms with Crippen molar-refractivity contribution >= 4 is 5.91 Å². The lowest BCUT2D eigenvalue weighted by Gasteiger charge is -2.20. The minimum atomic E-state index is -0.0396. The molecule has 1 fully saturated rings. The zero-order valence-corrected chi connectivity index (χ0v) is 11.8. The summed E-state index contributed by atoms with van der Waals surface area (Å²) in [4.78, 5) is 20.9. The van der Waals surface area contributed by atoms with Crippen molar-refractivity contribution in [3.05, 3.63) is 29.6 Å². The van der Waals surface area contributed by atoms with Crippen LogP contribution in [-0.4, -0.2) is 60.5 Å². The zero-order valence-electron chi connectivity index (χ0n) is 11.8. The van der Waals surface area contributed by atoms with Crippen molar-refractivity contribution in [2.24, 2.45) is 5.73 Å². The van der Waals surface area contributed by atoms with Crippen LogP contribution in [0, 0.1) is 11.8 Å². The lowest BCUT2D eigenvalue weighted by molar-refractivity contribution is 0.0756. The topological polar surface area (TPSA) is 62.5 Å². The summed E-state index contributed by atoms with van der Waals surface area (Å²) in [7, 11) is 2.08. The molecule has 1 amide bonds. The van der Waals surface area contributed by atoms with Crippen LogP contribution in [0.25, 0.3) is 0 Å². The molecule has 1 aromatic rings. The highest BCUT2D eigenvalue weighted by Crippen LogP contribution is 2.10. The van der Waals surface area contributed by atoms with Gasteiger partial charge in [-0.15, -0.1) is 0 Å². The number of hydrogen-bond acceptors (Lipinski definition) is 4. The molecule has 106 valence electrons. The Morgan fingerprint density at radius 1 is 1.40 bits per heavy atom. The first-order valence-electron chi connectivity index (χ1n) is 6.84. The fourth-order valence-corrected chi connectivity index (χ4v) is 2.22. The van der Waals surface area contributed by atoms with Crippen molar-refractivity contribution in [3.8, 4) is 11.8 Å². The molecule has 2 rings (SSSR count). The minimum absolute atomic E-state index is 0.0396. The van der Waals surface area contributed by atoms with E-state index < -0.39 is 0 Å². The molecule has 0 radical (unpaired) electrons. The predicted octanol–water partition coefficient (Wildman–Crippen LogP) is 0.170. The van der Waals surface area contributed by atoms with E-state index in [2.05, 4.69) is 28.8 Å². The zero-order chi connectivity index (χ0) is 14.4. The van der Waals surface area contributed by atoms with E-state index in [4.69, 9.17) is 5.73 Å². The molecule has 20 heavy (non-hydrogen) atoms. The summed E-state index contributed by atoms with van der Waals surface area (Å²) in [6.45, 7) is 3.68. The lowest BCUT2D eigenvalue weighted by atomic mass is 10.1. The maximum atomic E-state index is 12.6. The molecule has 0 aromatic carbocycles. The molecule has 1 aliphatic rings. The van der Waals surface area contributed by atoms with Crippen LogP contribution in [0.4, 0.5) is 0 Å². The van der Waals surface area contributed by atoms with Crippen LogP contribution in [-0.2, 0) is 0 Å². The Kier molecular flexibility index (Phi) is 5.10. The molecule has 0 spiro atoms. The summed E-state index contributed by atoms with van der Waals surface area (Å²) in [5.74, 6) is 5.66. The largest absolute Gasteiger partial charge is 0.336 e. The highest BCUT2D eigenvalue weighted by molar-refractivity contribution is 5.94. The van der Waals surface area contributed by atoms with Gasteiger partial charge in [0.2, 0.25) is 0 Å². The Labute approximate surface area is 119 Å². The minimum Gasteiger partial charge on any atom is -0.336 e. The maximum absolute atomic E-state index is 12.6. The summed E-state index contributed by atoms with van der Waals surface area (Å²) in [6.07, 6.45) is 2.61. The molecule has 5 heteroatoms. The van der Waals surface area contributed by atoms with Crippen molar-refractivity contribution < 1.29 is 4.79 Å². The monoisotopic (exact) mass is 272 g/mol. The van der Waals surface area contributed by atoms with Gasteiger partial charge in [-0.25, -0.2) is 4.98 Å². The van der Waals surface area contributed by atoms with Crippen molar-refractivity contribution in [3.63, 3.8) is 0 Å². The lowest BCUT2D eigenvalue weighted by Crippen LogP contribution is -2.35. The summed E-state index contributed by atoms with van der Waals surface area (Å²) in [5.41, 5.74) is 6.47. The number of hydrogen-bond donors (Lipinski definition) is 1. The number of aromatic nitrogens is 1. The Balaban J connectivity index is 2.20. The standard InChI is InChI=1S/C15H20N4O/c1-18-9-4-10-19(12-11-18)15(20)14-13(5-2-7-16)6-3-8-17-14/h3,6,8H,4,7,9-12,16H2,1H3. The number of pyridine rings is 1. The van der Waals surface area contributed by atoms with E-state index in [1.807, 2.05) is 11.0 Å². The van der Waals surface area contributed by atoms with Gasteiger partial charge < -0.3 is 15.5 Å². The normalized spacial score (nSPS) is 16.2. The highest BCUT2D eigenvalue weighted by Gasteiger charge is 2.21. The van der Waals surface area contributed by atoms with Crippen LogP contribution in [0.1, 0.15) is 22.5 Å². The fourth-order valence-electron chi connectivity index (χ4n) is 2.22. The van der Waals surface area contributed by atoms with Crippen LogP contribution in [0.15, 0.2) is 18.3 Å². The average molecular weight is 272 g/mol. The molecule has 0 saturated carbocycles. The molecule has 1 saturated heterocycles. The van der Waals surface area contributed by atoms with E-state index in [0.717, 1.165) is 32.6 Å². The molecule has 2 N–H and O–H groups in total. The number of nitrogens with two attached hydrogens (primary N) is 1. The van der Waals surface area contributed by atoms with E-state index in [0.29, 0.717) is 11.3 Å². The van der Waals surface area contributed by atoms with Gasteiger partial charge in [-0.05, 0) is 32.1 Å². The highest BCUT2D eigenvalue weighted by atomic mass is 16.2. The van der Waals surface area contributed by atoms with Gasteiger partial charge in [-0.3, -0.25) is 4.79 Å². The second-order valence-electron chi connectivity index (χ2n) is 4.85. The number of nitrogens with zero attached hydrogens (tertiary/aromatic N) is 3. The third-order valence-electron chi connectivity index (χ3n) is 3.34. The molecule has 2 heterocycles.